The van der Waals surface area contributed by atoms with Crippen molar-refractivity contribution in [3.05, 3.63) is 52.7 Å². The molecule has 0 unspecified atom stereocenters. The van der Waals surface area contributed by atoms with Crippen LogP contribution in [0.25, 0.3) is 0 Å². The molecule has 3 rings (SSSR count). The number of nitriles is 1. The number of pyridine rings is 1. The van der Waals surface area contributed by atoms with E-state index in [0.717, 1.165) is 37.1 Å². The summed E-state index contributed by atoms with van der Waals surface area (Å²) in [6.07, 6.45) is 4.07. The van der Waals surface area contributed by atoms with E-state index >= 15 is 0 Å². The SMILES string of the molecule is CCc1cccc(Oc2nc3c(cc2C#N)CCC3)c1. The Balaban J connectivity index is 1.96. The molecule has 0 fully saturated rings. The van der Waals surface area contributed by atoms with Gasteiger partial charge in [-0.15, -0.1) is 0 Å². The van der Waals surface area contributed by atoms with Gasteiger partial charge in [-0.2, -0.15) is 5.26 Å². The minimum Gasteiger partial charge on any atom is -0.438 e. The topological polar surface area (TPSA) is 45.9 Å². The number of rotatable bonds is 3. The third-order valence-corrected chi connectivity index (χ3v) is 3.66. The van der Waals surface area contributed by atoms with E-state index in [0.29, 0.717) is 11.4 Å². The molecule has 0 bridgehead atoms. The fraction of sp³-hybridized carbons (Fsp3) is 0.294. The first-order chi connectivity index (χ1) is 9.80. The quantitative estimate of drug-likeness (QED) is 0.847. The van der Waals surface area contributed by atoms with Crippen LogP contribution in [-0.2, 0) is 19.3 Å². The van der Waals surface area contributed by atoms with E-state index in [4.69, 9.17) is 4.74 Å². The molecule has 0 N–H and O–H groups in total. The first-order valence-electron chi connectivity index (χ1n) is 7.00. The smallest absolute Gasteiger partial charge is 0.237 e. The fourth-order valence-corrected chi connectivity index (χ4v) is 2.55. The fourth-order valence-electron chi connectivity index (χ4n) is 2.55. The molecule has 1 aliphatic carbocycles. The maximum atomic E-state index is 9.26. The minimum atomic E-state index is 0.432. The molecule has 0 saturated heterocycles. The maximum absolute atomic E-state index is 9.26. The summed E-state index contributed by atoms with van der Waals surface area (Å²) in [7, 11) is 0. The van der Waals surface area contributed by atoms with Crippen molar-refractivity contribution in [3.8, 4) is 17.7 Å². The van der Waals surface area contributed by atoms with Crippen molar-refractivity contribution in [2.24, 2.45) is 0 Å². The van der Waals surface area contributed by atoms with Crippen molar-refractivity contribution in [1.29, 1.82) is 5.26 Å². The molecule has 1 aromatic carbocycles. The Morgan fingerprint density at radius 1 is 1.30 bits per heavy atom. The van der Waals surface area contributed by atoms with Crippen LogP contribution in [0.2, 0.25) is 0 Å². The molecule has 0 amide bonds. The summed E-state index contributed by atoms with van der Waals surface area (Å²) in [6.45, 7) is 2.10. The van der Waals surface area contributed by atoms with Crippen LogP contribution in [0.5, 0.6) is 11.6 Å². The van der Waals surface area contributed by atoms with Gasteiger partial charge in [-0.3, -0.25) is 0 Å². The molecule has 1 aromatic heterocycles. The Labute approximate surface area is 118 Å². The summed E-state index contributed by atoms with van der Waals surface area (Å²) in [4.78, 5) is 4.53. The Hall–Kier alpha value is -2.34. The van der Waals surface area contributed by atoms with E-state index in [9.17, 15) is 5.26 Å². The van der Waals surface area contributed by atoms with Gasteiger partial charge in [-0.25, -0.2) is 4.98 Å². The molecule has 1 aliphatic rings. The zero-order chi connectivity index (χ0) is 13.9. The second-order valence-electron chi connectivity index (χ2n) is 5.02. The van der Waals surface area contributed by atoms with Gasteiger partial charge in [0.15, 0.2) is 0 Å². The minimum absolute atomic E-state index is 0.432. The summed E-state index contributed by atoms with van der Waals surface area (Å²) in [5.74, 6) is 1.17. The summed E-state index contributed by atoms with van der Waals surface area (Å²) in [5.41, 5.74) is 4.00. The van der Waals surface area contributed by atoms with Crippen LogP contribution in [0.4, 0.5) is 0 Å². The number of hydrogen-bond acceptors (Lipinski definition) is 3. The lowest BCUT2D eigenvalue weighted by molar-refractivity contribution is 0.459. The highest BCUT2D eigenvalue weighted by molar-refractivity contribution is 5.46. The number of nitrogens with zero attached hydrogens (tertiary/aromatic N) is 2. The monoisotopic (exact) mass is 264 g/mol. The lowest BCUT2D eigenvalue weighted by Crippen LogP contribution is -1.97. The van der Waals surface area contributed by atoms with Crippen molar-refractivity contribution in [3.63, 3.8) is 0 Å². The standard InChI is InChI=1S/C17H16N2O/c1-2-12-5-3-7-15(9-12)20-17-14(11-18)10-13-6-4-8-16(13)19-17/h3,5,7,9-10H,2,4,6,8H2,1H3. The van der Waals surface area contributed by atoms with Crippen molar-refractivity contribution in [2.45, 2.75) is 32.6 Å². The summed E-state index contributed by atoms with van der Waals surface area (Å²) in [6, 6.07) is 12.0. The molecule has 0 saturated carbocycles. The zero-order valence-electron chi connectivity index (χ0n) is 11.5. The normalized spacial score (nSPS) is 12.8. The Morgan fingerprint density at radius 3 is 3.00 bits per heavy atom. The van der Waals surface area contributed by atoms with Gasteiger partial charge < -0.3 is 4.74 Å². The van der Waals surface area contributed by atoms with E-state index in [-0.39, 0.29) is 0 Å². The molecule has 0 spiro atoms. The van der Waals surface area contributed by atoms with Gasteiger partial charge in [-0.05, 0) is 55.0 Å². The predicted molar refractivity (Wildman–Crippen MR) is 76.9 cm³/mol. The molecule has 2 aromatic rings. The van der Waals surface area contributed by atoms with Crippen LogP contribution >= 0.6 is 0 Å². The number of hydrogen-bond donors (Lipinski definition) is 0. The number of ether oxygens (including phenoxy) is 1. The number of fused-ring (bicyclic) bond motifs is 1. The van der Waals surface area contributed by atoms with Crippen LogP contribution in [0.15, 0.2) is 30.3 Å². The molecule has 0 atom stereocenters. The third-order valence-electron chi connectivity index (χ3n) is 3.66. The molecule has 0 aliphatic heterocycles. The molecular weight excluding hydrogens is 248 g/mol. The van der Waals surface area contributed by atoms with Gasteiger partial charge in [0.1, 0.15) is 17.4 Å². The van der Waals surface area contributed by atoms with E-state index in [1.54, 1.807) is 0 Å². The molecule has 1 heterocycles. The van der Waals surface area contributed by atoms with Crippen LogP contribution in [0, 0.1) is 11.3 Å². The molecule has 3 heteroatoms. The maximum Gasteiger partial charge on any atom is 0.237 e. The van der Waals surface area contributed by atoms with Crippen LogP contribution in [0.1, 0.15) is 35.7 Å². The van der Waals surface area contributed by atoms with Crippen molar-refractivity contribution in [1.82, 2.24) is 4.98 Å². The molecule has 20 heavy (non-hydrogen) atoms. The second-order valence-corrected chi connectivity index (χ2v) is 5.02. The summed E-state index contributed by atoms with van der Waals surface area (Å²) < 4.78 is 5.83. The number of aromatic nitrogens is 1. The Bertz CT molecular complexity index is 686. The highest BCUT2D eigenvalue weighted by Gasteiger charge is 2.17. The largest absolute Gasteiger partial charge is 0.438 e. The number of aryl methyl sites for hydroxylation is 3. The van der Waals surface area contributed by atoms with Crippen molar-refractivity contribution >= 4 is 0 Å². The van der Waals surface area contributed by atoms with Crippen LogP contribution < -0.4 is 4.74 Å². The van der Waals surface area contributed by atoms with E-state index in [1.165, 1.54) is 11.1 Å². The lowest BCUT2D eigenvalue weighted by atomic mass is 10.1. The summed E-state index contributed by atoms with van der Waals surface area (Å²) in [5, 5.41) is 9.26. The predicted octanol–water partition coefficient (Wildman–Crippen LogP) is 3.80. The third kappa shape index (κ3) is 2.37. The molecular formula is C17H16N2O. The molecule has 0 radical (unpaired) electrons. The molecule has 3 nitrogen and oxygen atoms in total. The van der Waals surface area contributed by atoms with E-state index < -0.39 is 0 Å². The first-order valence-corrected chi connectivity index (χ1v) is 7.00. The van der Waals surface area contributed by atoms with Gasteiger partial charge >= 0.3 is 0 Å². The number of benzene rings is 1. The van der Waals surface area contributed by atoms with E-state index in [1.807, 2.05) is 24.3 Å². The van der Waals surface area contributed by atoms with E-state index in [2.05, 4.69) is 24.0 Å². The highest BCUT2D eigenvalue weighted by atomic mass is 16.5. The molecule has 100 valence electrons. The average molecular weight is 264 g/mol. The summed E-state index contributed by atoms with van der Waals surface area (Å²) >= 11 is 0. The van der Waals surface area contributed by atoms with Crippen molar-refractivity contribution < 1.29 is 4.74 Å². The second kappa shape index (κ2) is 5.34. The Morgan fingerprint density at radius 2 is 2.20 bits per heavy atom. The lowest BCUT2D eigenvalue weighted by Gasteiger charge is -2.09. The Kier molecular flexibility index (Phi) is 3.39. The van der Waals surface area contributed by atoms with Gasteiger partial charge in [0.05, 0.1) is 0 Å². The highest BCUT2D eigenvalue weighted by Crippen LogP contribution is 2.29. The van der Waals surface area contributed by atoms with Crippen LogP contribution in [0.3, 0.4) is 0 Å². The first kappa shape index (κ1) is 12.7. The zero-order valence-corrected chi connectivity index (χ0v) is 11.5. The van der Waals surface area contributed by atoms with Gasteiger partial charge in [0.25, 0.3) is 0 Å². The average Bonchev–Trinajstić information content (AvgIpc) is 2.93. The van der Waals surface area contributed by atoms with Crippen LogP contribution in [-0.4, -0.2) is 4.98 Å². The van der Waals surface area contributed by atoms with Gasteiger partial charge in [0.2, 0.25) is 5.88 Å². The van der Waals surface area contributed by atoms with Gasteiger partial charge in [-0.1, -0.05) is 19.1 Å². The van der Waals surface area contributed by atoms with Crippen molar-refractivity contribution in [2.75, 3.05) is 0 Å². The van der Waals surface area contributed by atoms with Gasteiger partial charge in [0, 0.05) is 5.69 Å².